The molecule has 0 aromatic heterocycles. The third-order valence-corrected chi connectivity index (χ3v) is 2.53. The zero-order chi connectivity index (χ0) is 7.49. The molecule has 0 saturated heterocycles. The Morgan fingerprint density at radius 2 is 1.89 bits per heavy atom. The molecule has 0 aromatic rings. The fraction of sp³-hybridized carbons (Fsp3) is 0.833. The molecule has 0 aliphatic rings. The third kappa shape index (κ3) is 5.56. The second-order valence-electron chi connectivity index (χ2n) is 3.57. The molecule has 0 aliphatic carbocycles. The van der Waals surface area contributed by atoms with Crippen LogP contribution in [0.1, 0.15) is 6.92 Å². The van der Waals surface area contributed by atoms with E-state index in [2.05, 4.69) is 24.8 Å². The smallest absolute Gasteiger partial charge is 0.0513 e. The number of hydrogen-bond acceptors (Lipinski definition) is 2. The van der Waals surface area contributed by atoms with Crippen LogP contribution in [0, 0.1) is 0 Å². The Labute approximate surface area is 57.6 Å². The van der Waals surface area contributed by atoms with Crippen molar-refractivity contribution in [2.75, 3.05) is 0 Å². The molecule has 0 amide bonds. The quantitative estimate of drug-likeness (QED) is 0.275. The Bertz CT molecular complexity index is 115. The largest absolute Gasteiger partial charge is 0.411 e. The minimum Gasteiger partial charge on any atom is -0.411 e. The Morgan fingerprint density at radius 1 is 1.44 bits per heavy atom. The molecule has 0 aromatic carbocycles. The van der Waals surface area contributed by atoms with Crippen molar-refractivity contribution in [3.63, 3.8) is 0 Å². The standard InChI is InChI=1S/C6H15NOSi/c1-6(7-8)5-9(2,3)4/h8H,5H2,1-4H3. The summed E-state index contributed by atoms with van der Waals surface area (Å²) in [4.78, 5) is 0. The van der Waals surface area contributed by atoms with Gasteiger partial charge in [0.1, 0.15) is 0 Å². The summed E-state index contributed by atoms with van der Waals surface area (Å²) in [5.74, 6) is 0. The van der Waals surface area contributed by atoms with Crippen LogP contribution in [0.2, 0.25) is 25.7 Å². The number of hydrogen-bond donors (Lipinski definition) is 1. The molecule has 0 spiro atoms. The molecule has 0 unspecified atom stereocenters. The van der Waals surface area contributed by atoms with Crippen molar-refractivity contribution in [3.05, 3.63) is 0 Å². The van der Waals surface area contributed by atoms with Crippen molar-refractivity contribution >= 4 is 13.8 Å². The first-order valence-corrected chi connectivity index (χ1v) is 6.84. The van der Waals surface area contributed by atoms with E-state index in [0.29, 0.717) is 0 Å². The van der Waals surface area contributed by atoms with Gasteiger partial charge in [-0.3, -0.25) is 0 Å². The van der Waals surface area contributed by atoms with Crippen LogP contribution in [0.15, 0.2) is 5.16 Å². The van der Waals surface area contributed by atoms with Crippen molar-refractivity contribution in [2.45, 2.75) is 32.6 Å². The van der Waals surface area contributed by atoms with Crippen LogP contribution in [0.5, 0.6) is 0 Å². The van der Waals surface area contributed by atoms with E-state index in [4.69, 9.17) is 5.21 Å². The number of rotatable bonds is 2. The first-order valence-electron chi connectivity index (χ1n) is 3.13. The SMILES string of the molecule is CC(C[Si](C)(C)C)=NO. The van der Waals surface area contributed by atoms with Crippen LogP contribution >= 0.6 is 0 Å². The van der Waals surface area contributed by atoms with E-state index in [1.165, 1.54) is 0 Å². The molecule has 1 N–H and O–H groups in total. The third-order valence-electron chi connectivity index (χ3n) is 0.957. The van der Waals surface area contributed by atoms with Crippen LogP contribution < -0.4 is 0 Å². The average Bonchev–Trinajstić information content (AvgIpc) is 1.62. The normalized spacial score (nSPS) is 14.0. The van der Waals surface area contributed by atoms with Gasteiger partial charge in [0.25, 0.3) is 0 Å². The molecule has 9 heavy (non-hydrogen) atoms. The first-order chi connectivity index (χ1) is 3.95. The number of nitrogens with zero attached hydrogens (tertiary/aromatic N) is 1. The Morgan fingerprint density at radius 3 is 2.00 bits per heavy atom. The van der Waals surface area contributed by atoms with Gasteiger partial charge in [0.05, 0.1) is 13.8 Å². The van der Waals surface area contributed by atoms with Gasteiger partial charge < -0.3 is 5.21 Å². The second kappa shape index (κ2) is 3.01. The summed E-state index contributed by atoms with van der Waals surface area (Å²) in [7, 11) is -1.03. The van der Waals surface area contributed by atoms with Crippen molar-refractivity contribution in [2.24, 2.45) is 5.16 Å². The molecule has 2 nitrogen and oxygen atoms in total. The summed E-state index contributed by atoms with van der Waals surface area (Å²) in [6, 6.07) is 0.990. The van der Waals surface area contributed by atoms with Gasteiger partial charge in [0.15, 0.2) is 0 Å². The highest BCUT2D eigenvalue weighted by Gasteiger charge is 2.13. The molecular formula is C6H15NOSi. The van der Waals surface area contributed by atoms with E-state index >= 15 is 0 Å². The zero-order valence-corrected chi connectivity index (χ0v) is 7.60. The molecule has 54 valence electrons. The van der Waals surface area contributed by atoms with Gasteiger partial charge in [-0.2, -0.15) is 0 Å². The lowest BCUT2D eigenvalue weighted by Gasteiger charge is -2.13. The predicted molar refractivity (Wildman–Crippen MR) is 43.0 cm³/mol. The van der Waals surface area contributed by atoms with E-state index in [0.717, 1.165) is 11.8 Å². The molecule has 0 radical (unpaired) electrons. The highest BCUT2D eigenvalue weighted by molar-refractivity contribution is 6.78. The Hall–Kier alpha value is -0.313. The number of oxime groups is 1. The van der Waals surface area contributed by atoms with E-state index < -0.39 is 8.07 Å². The molecule has 0 saturated carbocycles. The summed E-state index contributed by atoms with van der Waals surface area (Å²) in [5.41, 5.74) is 0.856. The molecular weight excluding hydrogens is 130 g/mol. The lowest BCUT2D eigenvalue weighted by Crippen LogP contribution is -2.22. The summed E-state index contributed by atoms with van der Waals surface area (Å²) >= 11 is 0. The lowest BCUT2D eigenvalue weighted by molar-refractivity contribution is 0.318. The summed E-state index contributed by atoms with van der Waals surface area (Å²) in [6.45, 7) is 8.61. The Balaban J connectivity index is 3.75. The lowest BCUT2D eigenvalue weighted by atomic mass is 10.5. The zero-order valence-electron chi connectivity index (χ0n) is 6.60. The van der Waals surface area contributed by atoms with Crippen LogP contribution in [0.4, 0.5) is 0 Å². The molecule has 0 rings (SSSR count). The topological polar surface area (TPSA) is 32.6 Å². The van der Waals surface area contributed by atoms with E-state index in [-0.39, 0.29) is 0 Å². The molecule has 0 atom stereocenters. The van der Waals surface area contributed by atoms with Crippen molar-refractivity contribution < 1.29 is 5.21 Å². The van der Waals surface area contributed by atoms with Crippen LogP contribution in [-0.2, 0) is 0 Å². The van der Waals surface area contributed by atoms with Gasteiger partial charge in [-0.05, 0) is 13.0 Å². The van der Waals surface area contributed by atoms with E-state index in [1.54, 1.807) is 0 Å². The molecule has 3 heteroatoms. The van der Waals surface area contributed by atoms with Gasteiger partial charge >= 0.3 is 0 Å². The summed E-state index contributed by atoms with van der Waals surface area (Å²) in [5, 5.41) is 11.4. The Kier molecular flexibility index (Phi) is 2.90. The summed E-state index contributed by atoms with van der Waals surface area (Å²) < 4.78 is 0. The van der Waals surface area contributed by atoms with Crippen LogP contribution in [0.25, 0.3) is 0 Å². The van der Waals surface area contributed by atoms with Crippen LogP contribution in [0.3, 0.4) is 0 Å². The predicted octanol–water partition coefficient (Wildman–Crippen LogP) is 2.17. The van der Waals surface area contributed by atoms with Gasteiger partial charge in [0, 0.05) is 0 Å². The van der Waals surface area contributed by atoms with Crippen molar-refractivity contribution in [1.29, 1.82) is 0 Å². The van der Waals surface area contributed by atoms with Crippen molar-refractivity contribution in [3.8, 4) is 0 Å². The molecule has 0 aliphatic heterocycles. The highest BCUT2D eigenvalue weighted by Crippen LogP contribution is 2.08. The van der Waals surface area contributed by atoms with Gasteiger partial charge in [0.2, 0.25) is 0 Å². The molecule has 0 heterocycles. The first kappa shape index (κ1) is 8.69. The average molecular weight is 145 g/mol. The highest BCUT2D eigenvalue weighted by atomic mass is 28.3. The summed E-state index contributed by atoms with van der Waals surface area (Å²) in [6.07, 6.45) is 0. The van der Waals surface area contributed by atoms with Crippen molar-refractivity contribution in [1.82, 2.24) is 0 Å². The van der Waals surface area contributed by atoms with Crippen LogP contribution in [-0.4, -0.2) is 19.0 Å². The van der Waals surface area contributed by atoms with Gasteiger partial charge in [-0.15, -0.1) is 0 Å². The monoisotopic (exact) mass is 145 g/mol. The van der Waals surface area contributed by atoms with Gasteiger partial charge in [-0.25, -0.2) is 0 Å². The fourth-order valence-corrected chi connectivity index (χ4v) is 2.41. The van der Waals surface area contributed by atoms with E-state index in [1.807, 2.05) is 6.92 Å². The minimum absolute atomic E-state index is 0.856. The second-order valence-corrected chi connectivity index (χ2v) is 9.05. The van der Waals surface area contributed by atoms with E-state index in [9.17, 15) is 0 Å². The fourth-order valence-electron chi connectivity index (χ4n) is 0.803. The maximum Gasteiger partial charge on any atom is 0.0513 e. The minimum atomic E-state index is -1.03. The maximum atomic E-state index is 8.31. The molecule has 0 fully saturated rings. The molecule has 0 bridgehead atoms. The van der Waals surface area contributed by atoms with Gasteiger partial charge in [-0.1, -0.05) is 24.8 Å². The maximum absolute atomic E-state index is 8.31.